The molecule has 3 heteroatoms. The molecule has 0 radical (unpaired) electrons. The van der Waals surface area contributed by atoms with Crippen LogP contribution in [0, 0.1) is 17.8 Å². The maximum Gasteiger partial charge on any atom is 0.223 e. The monoisotopic (exact) mass is 243 g/mol. The molecule has 1 N–H and O–H groups in total. The third-order valence-electron chi connectivity index (χ3n) is 4.37. The topological polar surface area (TPSA) is 29.1 Å². The summed E-state index contributed by atoms with van der Waals surface area (Å²) in [6.07, 6.45) is 6.93. The van der Waals surface area contributed by atoms with E-state index in [4.69, 9.17) is 11.6 Å². The van der Waals surface area contributed by atoms with E-state index in [1.807, 2.05) is 0 Å². The van der Waals surface area contributed by atoms with Crippen LogP contribution in [-0.4, -0.2) is 17.8 Å². The van der Waals surface area contributed by atoms with Crippen LogP contribution in [-0.2, 0) is 4.79 Å². The third-order valence-corrected chi connectivity index (χ3v) is 4.59. The third kappa shape index (κ3) is 2.53. The fourth-order valence-electron chi connectivity index (χ4n) is 3.38. The quantitative estimate of drug-likeness (QED) is 0.740. The summed E-state index contributed by atoms with van der Waals surface area (Å²) < 4.78 is 0. The van der Waals surface area contributed by atoms with Crippen LogP contribution >= 0.6 is 11.6 Å². The Labute approximate surface area is 103 Å². The van der Waals surface area contributed by atoms with E-state index in [1.54, 1.807) is 0 Å². The molecule has 0 aromatic rings. The van der Waals surface area contributed by atoms with Crippen molar-refractivity contribution in [3.63, 3.8) is 0 Å². The maximum atomic E-state index is 12.1. The van der Waals surface area contributed by atoms with Crippen LogP contribution in [0.2, 0.25) is 0 Å². The molecule has 2 saturated carbocycles. The van der Waals surface area contributed by atoms with E-state index in [0.717, 1.165) is 25.2 Å². The zero-order valence-corrected chi connectivity index (χ0v) is 10.8. The van der Waals surface area contributed by atoms with Crippen molar-refractivity contribution in [2.75, 3.05) is 5.88 Å². The molecule has 0 heterocycles. The molecule has 0 spiro atoms. The Morgan fingerprint density at radius 3 is 2.75 bits per heavy atom. The first-order valence-corrected chi connectivity index (χ1v) is 7.14. The van der Waals surface area contributed by atoms with Gasteiger partial charge in [0.05, 0.1) is 0 Å². The van der Waals surface area contributed by atoms with Gasteiger partial charge < -0.3 is 5.32 Å². The van der Waals surface area contributed by atoms with Gasteiger partial charge in [-0.2, -0.15) is 0 Å². The average molecular weight is 244 g/mol. The molecule has 0 saturated heterocycles. The van der Waals surface area contributed by atoms with E-state index in [2.05, 4.69) is 12.2 Å². The molecular formula is C13H22ClNO. The second-order valence-electron chi connectivity index (χ2n) is 5.37. The number of rotatable bonds is 5. The normalized spacial score (nSPS) is 34.0. The number of alkyl halides is 1. The molecule has 2 rings (SSSR count). The summed E-state index contributed by atoms with van der Waals surface area (Å²) in [4.78, 5) is 12.1. The van der Waals surface area contributed by atoms with Crippen LogP contribution in [0.25, 0.3) is 0 Å². The van der Waals surface area contributed by atoms with Crippen molar-refractivity contribution in [3.8, 4) is 0 Å². The molecule has 0 aromatic heterocycles. The fraction of sp³-hybridized carbons (Fsp3) is 0.923. The molecule has 4 unspecified atom stereocenters. The Hall–Kier alpha value is -0.240. The summed E-state index contributed by atoms with van der Waals surface area (Å²) >= 11 is 5.73. The van der Waals surface area contributed by atoms with Crippen molar-refractivity contribution in [2.45, 2.75) is 51.5 Å². The van der Waals surface area contributed by atoms with Gasteiger partial charge in [0.15, 0.2) is 0 Å². The zero-order valence-electron chi connectivity index (χ0n) is 10.0. The molecule has 2 aliphatic rings. The van der Waals surface area contributed by atoms with Gasteiger partial charge in [-0.25, -0.2) is 0 Å². The highest BCUT2D eigenvalue weighted by Gasteiger charge is 2.43. The molecule has 1 amide bonds. The van der Waals surface area contributed by atoms with Crippen LogP contribution in [0.3, 0.4) is 0 Å². The minimum Gasteiger partial charge on any atom is -0.353 e. The number of amides is 1. The summed E-state index contributed by atoms with van der Waals surface area (Å²) in [5.74, 6) is 2.76. The van der Waals surface area contributed by atoms with E-state index in [9.17, 15) is 4.79 Å². The van der Waals surface area contributed by atoms with Gasteiger partial charge in [0.1, 0.15) is 0 Å². The van der Waals surface area contributed by atoms with Crippen LogP contribution in [0.5, 0.6) is 0 Å². The number of carbonyl (C=O) groups excluding carboxylic acids is 1. The molecule has 2 aliphatic carbocycles. The summed E-state index contributed by atoms with van der Waals surface area (Å²) in [5.41, 5.74) is 0. The van der Waals surface area contributed by atoms with Crippen molar-refractivity contribution in [3.05, 3.63) is 0 Å². The number of halogens is 1. The summed E-state index contributed by atoms with van der Waals surface area (Å²) in [5, 5.41) is 3.17. The van der Waals surface area contributed by atoms with Gasteiger partial charge >= 0.3 is 0 Å². The molecule has 2 nitrogen and oxygen atoms in total. The van der Waals surface area contributed by atoms with Gasteiger partial charge in [0, 0.05) is 17.8 Å². The first-order valence-electron chi connectivity index (χ1n) is 6.61. The predicted molar refractivity (Wildman–Crippen MR) is 66.5 cm³/mol. The summed E-state index contributed by atoms with van der Waals surface area (Å²) in [6.45, 7) is 2.11. The minimum atomic E-state index is 0.282. The Balaban J connectivity index is 1.83. The lowest BCUT2D eigenvalue weighted by molar-refractivity contribution is -0.127. The highest BCUT2D eigenvalue weighted by molar-refractivity contribution is 6.17. The Morgan fingerprint density at radius 1 is 1.44 bits per heavy atom. The molecular weight excluding hydrogens is 222 g/mol. The molecule has 0 aliphatic heterocycles. The molecule has 4 atom stereocenters. The lowest BCUT2D eigenvalue weighted by atomic mass is 9.88. The SMILES string of the molecule is CCC(CCCl)NC(=O)C1CC2CCC1C2. The summed E-state index contributed by atoms with van der Waals surface area (Å²) in [7, 11) is 0. The Morgan fingerprint density at radius 2 is 2.25 bits per heavy atom. The van der Waals surface area contributed by atoms with Gasteiger partial charge in [-0.15, -0.1) is 11.6 Å². The molecule has 2 fully saturated rings. The zero-order chi connectivity index (χ0) is 11.5. The van der Waals surface area contributed by atoms with Crippen molar-refractivity contribution in [1.82, 2.24) is 5.32 Å². The van der Waals surface area contributed by atoms with Crippen LogP contribution < -0.4 is 5.32 Å². The predicted octanol–water partition coefficient (Wildman–Crippen LogP) is 2.95. The summed E-state index contributed by atoms with van der Waals surface area (Å²) in [6, 6.07) is 0.282. The van der Waals surface area contributed by atoms with E-state index < -0.39 is 0 Å². The van der Waals surface area contributed by atoms with Crippen LogP contribution in [0.1, 0.15) is 45.4 Å². The van der Waals surface area contributed by atoms with Gasteiger partial charge in [-0.1, -0.05) is 13.3 Å². The number of fused-ring (bicyclic) bond motifs is 2. The largest absolute Gasteiger partial charge is 0.353 e. The molecule has 0 aromatic carbocycles. The Kier molecular flexibility index (Phi) is 4.12. The van der Waals surface area contributed by atoms with Crippen LogP contribution in [0.15, 0.2) is 0 Å². The number of nitrogens with one attached hydrogen (secondary N) is 1. The van der Waals surface area contributed by atoms with E-state index in [1.165, 1.54) is 19.3 Å². The highest BCUT2D eigenvalue weighted by atomic mass is 35.5. The van der Waals surface area contributed by atoms with Crippen molar-refractivity contribution >= 4 is 17.5 Å². The maximum absolute atomic E-state index is 12.1. The average Bonchev–Trinajstić information content (AvgIpc) is 2.89. The molecule has 16 heavy (non-hydrogen) atoms. The van der Waals surface area contributed by atoms with Gasteiger partial charge in [0.25, 0.3) is 0 Å². The second-order valence-corrected chi connectivity index (χ2v) is 5.75. The highest BCUT2D eigenvalue weighted by Crippen LogP contribution is 2.48. The fourth-order valence-corrected chi connectivity index (χ4v) is 3.65. The number of hydrogen-bond acceptors (Lipinski definition) is 1. The van der Waals surface area contributed by atoms with E-state index in [-0.39, 0.29) is 6.04 Å². The minimum absolute atomic E-state index is 0.282. The van der Waals surface area contributed by atoms with E-state index in [0.29, 0.717) is 23.6 Å². The Bertz CT molecular complexity index is 256. The lowest BCUT2D eigenvalue weighted by Gasteiger charge is -2.24. The van der Waals surface area contributed by atoms with Crippen LogP contribution in [0.4, 0.5) is 0 Å². The lowest BCUT2D eigenvalue weighted by Crippen LogP contribution is -2.40. The van der Waals surface area contributed by atoms with Gasteiger partial charge in [0.2, 0.25) is 5.91 Å². The van der Waals surface area contributed by atoms with Gasteiger partial charge in [-0.05, 0) is 43.9 Å². The molecule has 2 bridgehead atoms. The second kappa shape index (κ2) is 5.39. The number of carbonyl (C=O) groups is 1. The standard InChI is InChI=1S/C13H22ClNO/c1-2-11(5-6-14)15-13(16)12-8-9-3-4-10(12)7-9/h9-12H,2-8H2,1H3,(H,15,16). The van der Waals surface area contributed by atoms with Gasteiger partial charge in [-0.3, -0.25) is 4.79 Å². The first-order chi connectivity index (χ1) is 7.74. The van der Waals surface area contributed by atoms with E-state index >= 15 is 0 Å². The van der Waals surface area contributed by atoms with Crippen molar-refractivity contribution in [1.29, 1.82) is 0 Å². The van der Waals surface area contributed by atoms with Crippen molar-refractivity contribution in [2.24, 2.45) is 17.8 Å². The van der Waals surface area contributed by atoms with Crippen molar-refractivity contribution < 1.29 is 4.79 Å². The first kappa shape index (κ1) is 12.2. The number of hydrogen-bond donors (Lipinski definition) is 1. The smallest absolute Gasteiger partial charge is 0.223 e. The molecule has 92 valence electrons.